The maximum absolute atomic E-state index is 13.5. The van der Waals surface area contributed by atoms with Gasteiger partial charge >= 0.3 is 5.97 Å². The number of halogens is 1. The van der Waals surface area contributed by atoms with Crippen LogP contribution in [0.25, 0.3) is 0 Å². The lowest BCUT2D eigenvalue weighted by atomic mass is 9.86. The number of esters is 1. The lowest BCUT2D eigenvalue weighted by Crippen LogP contribution is -2.28. The molecule has 100 valence electrons. The van der Waals surface area contributed by atoms with Gasteiger partial charge < -0.3 is 9.84 Å². The van der Waals surface area contributed by atoms with Gasteiger partial charge in [-0.3, -0.25) is 4.79 Å². The lowest BCUT2D eigenvalue weighted by molar-refractivity contribution is -0.152. The van der Waals surface area contributed by atoms with E-state index < -0.39 is 18.0 Å². The Morgan fingerprint density at radius 2 is 2.00 bits per heavy atom. The molecule has 0 aliphatic heterocycles. The Bertz CT molecular complexity index is 429. The maximum Gasteiger partial charge on any atom is 0.311 e. The number of aryl methyl sites for hydroxylation is 1. The highest BCUT2D eigenvalue weighted by atomic mass is 19.1. The largest absolute Gasteiger partial charge is 0.469 e. The number of hydrogen-bond acceptors (Lipinski definition) is 3. The fourth-order valence-electron chi connectivity index (χ4n) is 1.90. The molecule has 0 radical (unpaired) electrons. The molecule has 3 nitrogen and oxygen atoms in total. The normalized spacial score (nSPS) is 14.4. The summed E-state index contributed by atoms with van der Waals surface area (Å²) in [6, 6.07) is 4.47. The summed E-state index contributed by atoms with van der Waals surface area (Å²) in [7, 11) is 1.28. The van der Waals surface area contributed by atoms with Crippen LogP contribution in [0.1, 0.15) is 31.1 Å². The van der Waals surface area contributed by atoms with Crippen LogP contribution in [0, 0.1) is 24.6 Å². The van der Waals surface area contributed by atoms with Gasteiger partial charge in [0.15, 0.2) is 0 Å². The van der Waals surface area contributed by atoms with Crippen LogP contribution >= 0.6 is 0 Å². The number of carbonyl (C=O) groups is 1. The van der Waals surface area contributed by atoms with E-state index in [4.69, 9.17) is 0 Å². The highest BCUT2D eigenvalue weighted by Gasteiger charge is 2.32. The second-order valence-electron chi connectivity index (χ2n) is 4.75. The molecule has 0 aliphatic carbocycles. The van der Waals surface area contributed by atoms with Crippen molar-refractivity contribution in [2.75, 3.05) is 7.11 Å². The Morgan fingerprint density at radius 1 is 1.39 bits per heavy atom. The minimum Gasteiger partial charge on any atom is -0.469 e. The van der Waals surface area contributed by atoms with E-state index in [1.807, 2.05) is 13.8 Å². The van der Waals surface area contributed by atoms with Crippen molar-refractivity contribution in [1.29, 1.82) is 0 Å². The van der Waals surface area contributed by atoms with E-state index in [0.717, 1.165) is 0 Å². The molecule has 4 heteroatoms. The fraction of sp³-hybridized carbons (Fsp3) is 0.500. The number of ether oxygens (including phenoxy) is 1. The highest BCUT2D eigenvalue weighted by Crippen LogP contribution is 2.29. The molecular formula is C14H19FO3. The summed E-state index contributed by atoms with van der Waals surface area (Å²) in [6.07, 6.45) is -1.06. The van der Waals surface area contributed by atoms with Crippen molar-refractivity contribution in [2.24, 2.45) is 11.8 Å². The number of aliphatic hydroxyl groups excluding tert-OH is 1. The summed E-state index contributed by atoms with van der Waals surface area (Å²) in [5.74, 6) is -1.67. The minimum absolute atomic E-state index is 0.100. The van der Waals surface area contributed by atoms with Gasteiger partial charge in [0.1, 0.15) is 5.82 Å². The third-order valence-electron chi connectivity index (χ3n) is 3.07. The predicted molar refractivity (Wildman–Crippen MR) is 66.4 cm³/mol. The number of carbonyl (C=O) groups excluding carboxylic acids is 1. The highest BCUT2D eigenvalue weighted by molar-refractivity contribution is 5.73. The molecule has 0 fully saturated rings. The topological polar surface area (TPSA) is 46.5 Å². The average molecular weight is 254 g/mol. The van der Waals surface area contributed by atoms with Gasteiger partial charge in [-0.2, -0.15) is 0 Å². The van der Waals surface area contributed by atoms with Crippen molar-refractivity contribution in [3.05, 3.63) is 35.1 Å². The Hall–Kier alpha value is -1.42. The van der Waals surface area contributed by atoms with Crippen molar-refractivity contribution in [3.8, 4) is 0 Å². The molecule has 1 aromatic rings. The van der Waals surface area contributed by atoms with Crippen LogP contribution in [0.15, 0.2) is 18.2 Å². The van der Waals surface area contributed by atoms with Crippen molar-refractivity contribution >= 4 is 5.97 Å². The fourth-order valence-corrected chi connectivity index (χ4v) is 1.90. The van der Waals surface area contributed by atoms with E-state index in [9.17, 15) is 14.3 Å². The summed E-state index contributed by atoms with van der Waals surface area (Å²) in [6.45, 7) is 5.27. The van der Waals surface area contributed by atoms with E-state index in [1.165, 1.54) is 13.2 Å². The van der Waals surface area contributed by atoms with Crippen LogP contribution in [-0.4, -0.2) is 18.2 Å². The average Bonchev–Trinajstić information content (AvgIpc) is 2.32. The van der Waals surface area contributed by atoms with Gasteiger partial charge in [-0.15, -0.1) is 0 Å². The predicted octanol–water partition coefficient (Wildman–Crippen LogP) is 2.61. The first-order chi connectivity index (χ1) is 8.38. The molecule has 0 heterocycles. The van der Waals surface area contributed by atoms with Gasteiger partial charge in [-0.05, 0) is 30.0 Å². The number of hydrogen-bond donors (Lipinski definition) is 1. The molecule has 0 aliphatic rings. The Morgan fingerprint density at radius 3 is 2.44 bits per heavy atom. The summed E-state index contributed by atoms with van der Waals surface area (Å²) in [5, 5.41) is 10.2. The Balaban J connectivity index is 3.05. The van der Waals surface area contributed by atoms with Crippen molar-refractivity contribution in [2.45, 2.75) is 26.9 Å². The lowest BCUT2D eigenvalue weighted by Gasteiger charge is -2.24. The molecule has 1 N–H and O–H groups in total. The van der Waals surface area contributed by atoms with Crippen LogP contribution in [-0.2, 0) is 9.53 Å². The molecule has 2 atom stereocenters. The van der Waals surface area contributed by atoms with Gasteiger partial charge in [0.2, 0.25) is 0 Å². The van der Waals surface area contributed by atoms with E-state index in [2.05, 4.69) is 4.74 Å². The van der Waals surface area contributed by atoms with Crippen molar-refractivity contribution < 1.29 is 19.0 Å². The Kier molecular flexibility index (Phi) is 4.84. The number of methoxy groups -OCH3 is 1. The number of aliphatic hydroxyl groups is 1. The first kappa shape index (κ1) is 14.6. The molecule has 1 aromatic carbocycles. The zero-order valence-electron chi connectivity index (χ0n) is 11.1. The Labute approximate surface area is 107 Å². The molecule has 1 rings (SSSR count). The second-order valence-corrected chi connectivity index (χ2v) is 4.75. The molecule has 0 saturated carbocycles. The molecule has 18 heavy (non-hydrogen) atoms. The third kappa shape index (κ3) is 3.07. The zero-order valence-corrected chi connectivity index (χ0v) is 11.1. The quantitative estimate of drug-likeness (QED) is 0.840. The molecule has 0 aromatic heterocycles. The van der Waals surface area contributed by atoms with Gasteiger partial charge in [-0.1, -0.05) is 26.0 Å². The van der Waals surface area contributed by atoms with Crippen LogP contribution in [0.2, 0.25) is 0 Å². The first-order valence-electron chi connectivity index (χ1n) is 5.90. The monoisotopic (exact) mass is 254 g/mol. The molecule has 0 amide bonds. The summed E-state index contributed by atoms with van der Waals surface area (Å²) in [5.41, 5.74) is 0.896. The second kappa shape index (κ2) is 5.96. The van der Waals surface area contributed by atoms with Crippen LogP contribution in [0.3, 0.4) is 0 Å². The third-order valence-corrected chi connectivity index (χ3v) is 3.07. The van der Waals surface area contributed by atoms with Gasteiger partial charge in [-0.25, -0.2) is 4.39 Å². The van der Waals surface area contributed by atoms with Crippen LogP contribution < -0.4 is 0 Å². The van der Waals surface area contributed by atoms with Crippen LogP contribution in [0.5, 0.6) is 0 Å². The maximum atomic E-state index is 13.5. The number of benzene rings is 1. The van der Waals surface area contributed by atoms with E-state index in [0.29, 0.717) is 11.1 Å². The van der Waals surface area contributed by atoms with E-state index in [1.54, 1.807) is 19.1 Å². The molecule has 2 unspecified atom stereocenters. The van der Waals surface area contributed by atoms with Crippen LogP contribution in [0.4, 0.5) is 4.39 Å². The summed E-state index contributed by atoms with van der Waals surface area (Å²) < 4.78 is 18.1. The molecule has 0 bridgehead atoms. The van der Waals surface area contributed by atoms with E-state index in [-0.39, 0.29) is 11.7 Å². The minimum atomic E-state index is -1.06. The SMILES string of the molecule is COC(=O)C(C(C)C)C(O)c1ccc(C)c(F)c1. The van der Waals surface area contributed by atoms with Crippen molar-refractivity contribution in [1.82, 2.24) is 0 Å². The standard InChI is InChI=1S/C14H19FO3/c1-8(2)12(14(17)18-4)13(16)10-6-5-9(3)11(15)7-10/h5-8,12-13,16H,1-4H3. The van der Waals surface area contributed by atoms with Gasteiger partial charge in [0, 0.05) is 0 Å². The van der Waals surface area contributed by atoms with E-state index >= 15 is 0 Å². The first-order valence-corrected chi connectivity index (χ1v) is 5.90. The smallest absolute Gasteiger partial charge is 0.311 e. The molecule has 0 saturated heterocycles. The van der Waals surface area contributed by atoms with Gasteiger partial charge in [0.25, 0.3) is 0 Å². The van der Waals surface area contributed by atoms with Crippen molar-refractivity contribution in [3.63, 3.8) is 0 Å². The number of rotatable bonds is 4. The van der Waals surface area contributed by atoms with Gasteiger partial charge in [0.05, 0.1) is 19.1 Å². The summed E-state index contributed by atoms with van der Waals surface area (Å²) >= 11 is 0. The molecule has 0 spiro atoms. The molecular weight excluding hydrogens is 235 g/mol. The summed E-state index contributed by atoms with van der Waals surface area (Å²) in [4.78, 5) is 11.6. The zero-order chi connectivity index (χ0) is 13.9.